The van der Waals surface area contributed by atoms with E-state index < -0.39 is 11.6 Å². The van der Waals surface area contributed by atoms with Crippen molar-refractivity contribution in [2.75, 3.05) is 19.8 Å². The molecular weight excluding hydrogens is 224 g/mol. The molecule has 1 atom stereocenters. The van der Waals surface area contributed by atoms with Crippen molar-refractivity contribution in [1.29, 1.82) is 0 Å². The third-order valence-electron chi connectivity index (χ3n) is 2.21. The fraction of sp³-hybridized carbons (Fsp3) is 0.400. The van der Waals surface area contributed by atoms with Crippen LogP contribution in [0.1, 0.15) is 11.6 Å². The molecule has 84 valence electrons. The van der Waals surface area contributed by atoms with E-state index in [1.807, 2.05) is 0 Å². The first-order valence-electron chi connectivity index (χ1n) is 4.53. The molecule has 1 aromatic rings. The zero-order valence-electron chi connectivity index (χ0n) is 8.00. The number of morpholine rings is 1. The van der Waals surface area contributed by atoms with Crippen LogP contribution in [0.15, 0.2) is 18.2 Å². The van der Waals surface area contributed by atoms with Crippen LogP contribution in [0.3, 0.4) is 0 Å². The Morgan fingerprint density at radius 3 is 2.40 bits per heavy atom. The van der Waals surface area contributed by atoms with Crippen LogP contribution in [0.2, 0.25) is 0 Å². The Balaban J connectivity index is 0.00000112. The van der Waals surface area contributed by atoms with E-state index in [1.165, 1.54) is 12.1 Å². The minimum absolute atomic E-state index is 0. The molecule has 5 heteroatoms. The Kier molecular flexibility index (Phi) is 4.45. The number of rotatable bonds is 1. The fourth-order valence-electron chi connectivity index (χ4n) is 1.56. The summed E-state index contributed by atoms with van der Waals surface area (Å²) in [4.78, 5) is 0. The van der Waals surface area contributed by atoms with E-state index >= 15 is 0 Å². The van der Waals surface area contributed by atoms with Crippen molar-refractivity contribution in [3.8, 4) is 0 Å². The molecule has 0 radical (unpaired) electrons. The summed E-state index contributed by atoms with van der Waals surface area (Å²) >= 11 is 0. The molecule has 1 saturated heterocycles. The lowest BCUT2D eigenvalue weighted by Crippen LogP contribution is -2.34. The summed E-state index contributed by atoms with van der Waals surface area (Å²) in [5, 5.41) is 3.13. The van der Waals surface area contributed by atoms with Gasteiger partial charge in [0.25, 0.3) is 0 Å². The monoisotopic (exact) mass is 235 g/mol. The molecule has 1 heterocycles. The molecule has 1 aliphatic rings. The lowest BCUT2D eigenvalue weighted by atomic mass is 10.1. The van der Waals surface area contributed by atoms with Crippen molar-refractivity contribution < 1.29 is 13.5 Å². The summed E-state index contributed by atoms with van der Waals surface area (Å²) in [5.74, 6) is -1.10. The number of hydrogen-bond acceptors (Lipinski definition) is 2. The summed E-state index contributed by atoms with van der Waals surface area (Å²) in [6.45, 7) is 1.82. The minimum atomic E-state index is -0.549. The predicted molar refractivity (Wildman–Crippen MR) is 55.2 cm³/mol. The second kappa shape index (κ2) is 5.39. The second-order valence-corrected chi connectivity index (χ2v) is 3.28. The number of nitrogens with one attached hydrogen (secondary N) is 1. The molecule has 0 spiro atoms. The Labute approximate surface area is 93.0 Å². The van der Waals surface area contributed by atoms with Gasteiger partial charge in [-0.15, -0.1) is 12.4 Å². The van der Waals surface area contributed by atoms with Gasteiger partial charge in [0.15, 0.2) is 0 Å². The van der Waals surface area contributed by atoms with E-state index in [0.29, 0.717) is 25.3 Å². The molecule has 1 aromatic carbocycles. The van der Waals surface area contributed by atoms with Crippen LogP contribution in [0, 0.1) is 11.6 Å². The SMILES string of the molecule is Cl.Fc1cc(F)cc([C@@H]2COCCN2)c1. The van der Waals surface area contributed by atoms with E-state index in [4.69, 9.17) is 4.74 Å². The summed E-state index contributed by atoms with van der Waals surface area (Å²) < 4.78 is 31.0. The fourth-order valence-corrected chi connectivity index (χ4v) is 1.56. The Hall–Kier alpha value is -0.710. The topological polar surface area (TPSA) is 21.3 Å². The molecule has 0 aliphatic carbocycles. The number of hydrogen-bond donors (Lipinski definition) is 1. The molecule has 2 nitrogen and oxygen atoms in total. The third kappa shape index (κ3) is 3.12. The third-order valence-corrected chi connectivity index (χ3v) is 2.21. The van der Waals surface area contributed by atoms with Crippen LogP contribution in [0.25, 0.3) is 0 Å². The van der Waals surface area contributed by atoms with Gasteiger partial charge in [-0.05, 0) is 17.7 Å². The molecule has 15 heavy (non-hydrogen) atoms. The molecule has 0 unspecified atom stereocenters. The van der Waals surface area contributed by atoms with E-state index in [0.717, 1.165) is 6.07 Å². The predicted octanol–water partition coefficient (Wildman–Crippen LogP) is 2.05. The molecule has 0 amide bonds. The molecule has 1 aliphatic heterocycles. The van der Waals surface area contributed by atoms with Crippen molar-refractivity contribution in [3.63, 3.8) is 0 Å². The highest BCUT2D eigenvalue weighted by Crippen LogP contribution is 2.18. The standard InChI is InChI=1S/C10H11F2NO.ClH/c11-8-3-7(4-9(12)5-8)10-6-14-2-1-13-10;/h3-5,10,13H,1-2,6H2;1H/t10-;/m0./s1. The van der Waals surface area contributed by atoms with Crippen molar-refractivity contribution in [2.24, 2.45) is 0 Å². The summed E-state index contributed by atoms with van der Waals surface area (Å²) in [5.41, 5.74) is 0.599. The molecule has 1 fully saturated rings. The van der Waals surface area contributed by atoms with Gasteiger partial charge < -0.3 is 10.1 Å². The lowest BCUT2D eigenvalue weighted by molar-refractivity contribution is 0.0767. The highest BCUT2D eigenvalue weighted by atomic mass is 35.5. The van der Waals surface area contributed by atoms with Crippen molar-refractivity contribution >= 4 is 12.4 Å². The number of halogens is 3. The van der Waals surface area contributed by atoms with Gasteiger partial charge in [0.05, 0.1) is 19.3 Å². The largest absolute Gasteiger partial charge is 0.378 e. The molecule has 0 aromatic heterocycles. The van der Waals surface area contributed by atoms with Crippen LogP contribution < -0.4 is 5.32 Å². The van der Waals surface area contributed by atoms with Gasteiger partial charge in [0, 0.05) is 12.6 Å². The van der Waals surface area contributed by atoms with Crippen LogP contribution in [-0.2, 0) is 4.74 Å². The van der Waals surface area contributed by atoms with Crippen LogP contribution in [-0.4, -0.2) is 19.8 Å². The normalized spacial score (nSPS) is 20.8. The van der Waals surface area contributed by atoms with Crippen LogP contribution >= 0.6 is 12.4 Å². The average molecular weight is 236 g/mol. The van der Waals surface area contributed by atoms with E-state index in [2.05, 4.69) is 5.32 Å². The van der Waals surface area contributed by atoms with Gasteiger partial charge in [-0.2, -0.15) is 0 Å². The second-order valence-electron chi connectivity index (χ2n) is 3.28. The molecule has 1 N–H and O–H groups in total. The number of benzene rings is 1. The van der Waals surface area contributed by atoms with Crippen LogP contribution in [0.4, 0.5) is 8.78 Å². The van der Waals surface area contributed by atoms with Crippen molar-refractivity contribution in [2.45, 2.75) is 6.04 Å². The Morgan fingerprint density at radius 1 is 1.20 bits per heavy atom. The molecular formula is C10H12ClF2NO. The van der Waals surface area contributed by atoms with Crippen molar-refractivity contribution in [3.05, 3.63) is 35.4 Å². The smallest absolute Gasteiger partial charge is 0.126 e. The maximum Gasteiger partial charge on any atom is 0.126 e. The van der Waals surface area contributed by atoms with Gasteiger partial charge in [0.2, 0.25) is 0 Å². The zero-order chi connectivity index (χ0) is 9.97. The van der Waals surface area contributed by atoms with Gasteiger partial charge in [-0.1, -0.05) is 0 Å². The zero-order valence-corrected chi connectivity index (χ0v) is 8.82. The van der Waals surface area contributed by atoms with Gasteiger partial charge in [-0.25, -0.2) is 8.78 Å². The molecule has 0 saturated carbocycles. The maximum atomic E-state index is 12.9. The maximum absolute atomic E-state index is 12.9. The van der Waals surface area contributed by atoms with Gasteiger partial charge in [0.1, 0.15) is 11.6 Å². The Morgan fingerprint density at radius 2 is 1.87 bits per heavy atom. The highest BCUT2D eigenvalue weighted by molar-refractivity contribution is 5.85. The van der Waals surface area contributed by atoms with E-state index in [-0.39, 0.29) is 18.4 Å². The van der Waals surface area contributed by atoms with Gasteiger partial charge in [-0.3, -0.25) is 0 Å². The van der Waals surface area contributed by atoms with E-state index in [9.17, 15) is 8.78 Å². The Bertz CT molecular complexity index is 309. The summed E-state index contributed by atoms with van der Waals surface area (Å²) in [6.07, 6.45) is 0. The molecule has 0 bridgehead atoms. The van der Waals surface area contributed by atoms with Crippen LogP contribution in [0.5, 0.6) is 0 Å². The van der Waals surface area contributed by atoms with Crippen molar-refractivity contribution in [1.82, 2.24) is 5.32 Å². The lowest BCUT2D eigenvalue weighted by Gasteiger charge is -2.24. The van der Waals surface area contributed by atoms with Gasteiger partial charge >= 0.3 is 0 Å². The average Bonchev–Trinajstić information content (AvgIpc) is 2.18. The minimum Gasteiger partial charge on any atom is -0.378 e. The summed E-state index contributed by atoms with van der Waals surface area (Å²) in [6, 6.07) is 3.42. The van der Waals surface area contributed by atoms with E-state index in [1.54, 1.807) is 0 Å². The summed E-state index contributed by atoms with van der Waals surface area (Å²) in [7, 11) is 0. The quantitative estimate of drug-likeness (QED) is 0.805. The highest BCUT2D eigenvalue weighted by Gasteiger charge is 2.16. The first kappa shape index (κ1) is 12.4. The first-order valence-corrected chi connectivity index (χ1v) is 4.53. The molecule has 2 rings (SSSR count). The first-order chi connectivity index (χ1) is 6.75. The number of ether oxygens (including phenoxy) is 1.